The van der Waals surface area contributed by atoms with Crippen molar-refractivity contribution < 1.29 is 9.59 Å². The summed E-state index contributed by atoms with van der Waals surface area (Å²) in [5.74, 6) is -0.776. The molecule has 8 heteroatoms. The van der Waals surface area contributed by atoms with E-state index >= 15 is 0 Å². The van der Waals surface area contributed by atoms with E-state index in [1.165, 1.54) is 11.3 Å². The van der Waals surface area contributed by atoms with Gasteiger partial charge in [0.2, 0.25) is 0 Å². The number of hydrogen-bond donors (Lipinski definition) is 2. The van der Waals surface area contributed by atoms with E-state index in [0.29, 0.717) is 16.1 Å². The molecule has 0 unspecified atom stereocenters. The van der Waals surface area contributed by atoms with Crippen molar-refractivity contribution in [3.8, 4) is 10.6 Å². The second kappa shape index (κ2) is 7.88. The number of fused-ring (bicyclic) bond motifs is 2. The number of primary amides is 1. The Hall–Kier alpha value is -3.07. The van der Waals surface area contributed by atoms with E-state index in [4.69, 9.17) is 10.7 Å². The summed E-state index contributed by atoms with van der Waals surface area (Å²) in [5, 5.41) is 6.26. The van der Waals surface area contributed by atoms with Crippen LogP contribution in [0.5, 0.6) is 0 Å². The summed E-state index contributed by atoms with van der Waals surface area (Å²) in [5.41, 5.74) is 9.13. The van der Waals surface area contributed by atoms with Crippen molar-refractivity contribution >= 4 is 50.4 Å². The van der Waals surface area contributed by atoms with Gasteiger partial charge in [-0.05, 0) is 42.6 Å². The molecule has 0 spiro atoms. The minimum absolute atomic E-state index is 0.272. The van der Waals surface area contributed by atoms with E-state index in [9.17, 15) is 9.59 Å². The number of pyridine rings is 1. The van der Waals surface area contributed by atoms with Crippen molar-refractivity contribution in [2.24, 2.45) is 5.73 Å². The smallest absolute Gasteiger partial charge is 0.257 e. The van der Waals surface area contributed by atoms with Crippen LogP contribution in [0.1, 0.15) is 31.2 Å². The first-order valence-corrected chi connectivity index (χ1v) is 11.6. The van der Waals surface area contributed by atoms with Gasteiger partial charge in [-0.3, -0.25) is 9.59 Å². The van der Waals surface area contributed by atoms with Crippen LogP contribution in [0.2, 0.25) is 0 Å². The summed E-state index contributed by atoms with van der Waals surface area (Å²) < 4.78 is 0. The number of nitrogens with two attached hydrogens (primary N) is 1. The van der Waals surface area contributed by atoms with Gasteiger partial charge in [-0.2, -0.15) is 0 Å². The lowest BCUT2D eigenvalue weighted by Gasteiger charge is -2.22. The molecule has 1 aliphatic heterocycles. The van der Waals surface area contributed by atoms with Crippen LogP contribution in [0.3, 0.4) is 0 Å². The van der Waals surface area contributed by atoms with Gasteiger partial charge in [0, 0.05) is 23.4 Å². The van der Waals surface area contributed by atoms with Gasteiger partial charge >= 0.3 is 0 Å². The first-order valence-electron chi connectivity index (χ1n) is 9.89. The number of para-hydroxylation sites is 1. The summed E-state index contributed by atoms with van der Waals surface area (Å²) in [6.07, 6.45) is 0.747. The van der Waals surface area contributed by atoms with Crippen molar-refractivity contribution in [1.29, 1.82) is 0 Å². The summed E-state index contributed by atoms with van der Waals surface area (Å²) in [6, 6.07) is 13.3. The highest BCUT2D eigenvalue weighted by Gasteiger charge is 2.27. The molecule has 3 aromatic heterocycles. The van der Waals surface area contributed by atoms with Gasteiger partial charge in [-0.25, -0.2) is 4.98 Å². The Morgan fingerprint density at radius 1 is 1.19 bits per heavy atom. The van der Waals surface area contributed by atoms with Crippen LogP contribution in [0.25, 0.3) is 21.5 Å². The molecule has 156 valence electrons. The van der Waals surface area contributed by atoms with E-state index in [0.717, 1.165) is 51.4 Å². The average molecular weight is 449 g/mol. The number of amides is 2. The van der Waals surface area contributed by atoms with Gasteiger partial charge in [0.1, 0.15) is 5.00 Å². The number of anilines is 1. The fraction of sp³-hybridized carbons (Fsp3) is 0.174. The topological polar surface area (TPSA) is 88.3 Å². The monoisotopic (exact) mass is 448 g/mol. The van der Waals surface area contributed by atoms with Crippen LogP contribution >= 0.6 is 22.7 Å². The molecular formula is C23H20N4O2S2. The molecule has 2 amide bonds. The number of aromatic nitrogens is 1. The highest BCUT2D eigenvalue weighted by atomic mass is 32.1. The van der Waals surface area contributed by atoms with E-state index in [2.05, 4.69) is 10.2 Å². The van der Waals surface area contributed by atoms with Gasteiger partial charge in [0.25, 0.3) is 11.8 Å². The molecule has 0 fully saturated rings. The maximum absolute atomic E-state index is 13.4. The summed E-state index contributed by atoms with van der Waals surface area (Å²) >= 11 is 3.01. The lowest BCUT2D eigenvalue weighted by Crippen LogP contribution is -2.27. The Bertz CT molecular complexity index is 1310. The van der Waals surface area contributed by atoms with Crippen LogP contribution in [-0.2, 0) is 13.0 Å². The molecule has 1 aliphatic rings. The Balaban J connectivity index is 1.58. The second-order valence-electron chi connectivity index (χ2n) is 7.56. The molecule has 1 aromatic carbocycles. The zero-order valence-corrected chi connectivity index (χ0v) is 18.5. The molecule has 31 heavy (non-hydrogen) atoms. The first kappa shape index (κ1) is 19.9. The standard InChI is InChI=1S/C23H20N4O2S2/c1-27-9-8-14-19(12-27)31-23(20(14)21(24)28)26-22(29)15-11-17(18-7-4-10-30-18)25-16-6-3-2-5-13(15)16/h2-7,10-11H,8-9,12H2,1H3,(H2,24,28)(H,26,29). The van der Waals surface area contributed by atoms with Crippen LogP contribution < -0.4 is 11.1 Å². The number of rotatable bonds is 4. The van der Waals surface area contributed by atoms with E-state index in [1.54, 1.807) is 11.3 Å². The Labute approximate surface area is 187 Å². The van der Waals surface area contributed by atoms with Crippen molar-refractivity contribution in [2.75, 3.05) is 18.9 Å². The average Bonchev–Trinajstić information content (AvgIpc) is 3.40. The number of benzene rings is 1. The number of nitrogens with zero attached hydrogens (tertiary/aromatic N) is 2. The van der Waals surface area contributed by atoms with Crippen molar-refractivity contribution in [3.05, 3.63) is 69.4 Å². The SMILES string of the molecule is CN1CCc2c(sc(NC(=O)c3cc(-c4cccs4)nc4ccccc34)c2C(N)=O)C1. The molecule has 5 rings (SSSR count). The van der Waals surface area contributed by atoms with E-state index < -0.39 is 5.91 Å². The summed E-state index contributed by atoms with van der Waals surface area (Å²) in [6.45, 7) is 1.60. The predicted molar refractivity (Wildman–Crippen MR) is 126 cm³/mol. The number of hydrogen-bond acceptors (Lipinski definition) is 6. The third-order valence-corrected chi connectivity index (χ3v) is 7.48. The minimum atomic E-state index is -0.504. The number of carbonyl (C=O) groups excluding carboxylic acids is 2. The van der Waals surface area contributed by atoms with Gasteiger partial charge in [0.15, 0.2) is 0 Å². The van der Waals surface area contributed by atoms with Crippen LogP contribution in [0.4, 0.5) is 5.00 Å². The van der Waals surface area contributed by atoms with Crippen LogP contribution in [0.15, 0.2) is 47.8 Å². The lowest BCUT2D eigenvalue weighted by molar-refractivity contribution is 0.1000. The molecule has 0 saturated heterocycles. The molecule has 0 saturated carbocycles. The molecule has 6 nitrogen and oxygen atoms in total. The van der Waals surface area contributed by atoms with Crippen molar-refractivity contribution in [3.63, 3.8) is 0 Å². The number of thiophene rings is 2. The summed E-state index contributed by atoms with van der Waals surface area (Å²) in [7, 11) is 2.04. The maximum atomic E-state index is 13.4. The molecule has 0 radical (unpaired) electrons. The van der Waals surface area contributed by atoms with Gasteiger partial charge in [0.05, 0.1) is 27.2 Å². The largest absolute Gasteiger partial charge is 0.365 e. The molecule has 0 bridgehead atoms. The first-order chi connectivity index (χ1) is 15.0. The Morgan fingerprint density at radius 3 is 2.81 bits per heavy atom. The normalized spacial score (nSPS) is 13.8. The Kier molecular flexibility index (Phi) is 5.05. The van der Waals surface area contributed by atoms with Gasteiger partial charge in [-0.1, -0.05) is 24.3 Å². The predicted octanol–water partition coefficient (Wildman–Crippen LogP) is 4.36. The molecule has 0 aliphatic carbocycles. The minimum Gasteiger partial charge on any atom is -0.365 e. The number of likely N-dealkylation sites (N-methyl/N-ethyl adjacent to an activating group) is 1. The Morgan fingerprint density at radius 2 is 2.03 bits per heavy atom. The molecule has 0 atom stereocenters. The van der Waals surface area contributed by atoms with Crippen molar-refractivity contribution in [2.45, 2.75) is 13.0 Å². The second-order valence-corrected chi connectivity index (χ2v) is 9.62. The van der Waals surface area contributed by atoms with Crippen LogP contribution in [0, 0.1) is 0 Å². The zero-order valence-electron chi connectivity index (χ0n) is 16.8. The number of nitrogens with one attached hydrogen (secondary N) is 1. The molecule has 3 N–H and O–H groups in total. The maximum Gasteiger partial charge on any atom is 0.257 e. The highest BCUT2D eigenvalue weighted by molar-refractivity contribution is 7.17. The quantitative estimate of drug-likeness (QED) is 0.485. The fourth-order valence-corrected chi connectivity index (χ4v) is 5.98. The lowest BCUT2D eigenvalue weighted by atomic mass is 10.0. The van der Waals surface area contributed by atoms with Gasteiger partial charge < -0.3 is 16.0 Å². The molecule has 4 heterocycles. The third-order valence-electron chi connectivity index (χ3n) is 5.46. The van der Waals surface area contributed by atoms with E-state index in [1.807, 2.05) is 54.9 Å². The van der Waals surface area contributed by atoms with E-state index in [-0.39, 0.29) is 5.91 Å². The third kappa shape index (κ3) is 3.63. The summed E-state index contributed by atoms with van der Waals surface area (Å²) in [4.78, 5) is 34.6. The van der Waals surface area contributed by atoms with Gasteiger partial charge in [-0.15, -0.1) is 22.7 Å². The zero-order chi connectivity index (χ0) is 21.5. The van der Waals surface area contributed by atoms with Crippen LogP contribution in [-0.4, -0.2) is 35.3 Å². The number of carbonyl (C=O) groups is 2. The fourth-order valence-electron chi connectivity index (χ4n) is 3.96. The molecule has 4 aromatic rings. The molecular weight excluding hydrogens is 428 g/mol. The van der Waals surface area contributed by atoms with Crippen molar-refractivity contribution in [1.82, 2.24) is 9.88 Å². The highest BCUT2D eigenvalue weighted by Crippen LogP contribution is 2.37.